The molecule has 0 aromatic carbocycles. The Morgan fingerprint density at radius 3 is 2.69 bits per heavy atom. The van der Waals surface area contributed by atoms with E-state index in [1.807, 2.05) is 13.0 Å². The van der Waals surface area contributed by atoms with Crippen LogP contribution in [0, 0.1) is 23.2 Å². The molecule has 5 rings (SSSR count). The number of Topliss-reactive ketones (excluding diaryl/α,β-unsaturated/α-hetero) is 1. The van der Waals surface area contributed by atoms with E-state index in [2.05, 4.69) is 11.8 Å². The second-order valence-electron chi connectivity index (χ2n) is 10.9. The lowest BCUT2D eigenvalue weighted by molar-refractivity contribution is -0.333. The molecule has 1 heterocycles. The Kier molecular flexibility index (Phi) is 5.62. The lowest BCUT2D eigenvalue weighted by Gasteiger charge is -2.76. The summed E-state index contributed by atoms with van der Waals surface area (Å²) in [5.74, 6) is 0.455. The van der Waals surface area contributed by atoms with Crippen molar-refractivity contribution >= 4 is 11.8 Å². The third-order valence-corrected chi connectivity index (χ3v) is 9.39. The molecule has 5 fully saturated rings. The molecule has 4 aliphatic carbocycles. The molecule has 0 amide bonds. The van der Waals surface area contributed by atoms with E-state index in [1.165, 1.54) is 18.9 Å². The zero-order chi connectivity index (χ0) is 22.7. The van der Waals surface area contributed by atoms with Gasteiger partial charge in [-0.05, 0) is 57.3 Å². The quantitative estimate of drug-likeness (QED) is 0.373. The molecule has 32 heavy (non-hydrogen) atoms. The minimum atomic E-state index is -0.940. The summed E-state index contributed by atoms with van der Waals surface area (Å²) in [6.45, 7) is 4.92. The average Bonchev–Trinajstić information content (AvgIpc) is 3.59. The summed E-state index contributed by atoms with van der Waals surface area (Å²) >= 11 is 0. The van der Waals surface area contributed by atoms with Gasteiger partial charge in [-0.15, -0.1) is 0 Å². The second kappa shape index (κ2) is 8.07. The standard InChI is InChI=1S/C26H37NO5/c1-3-5-6-7-22(29)32-19-11-10-17-12-20-26(31)21(27(20)15-16-8-9-16)13-18(28)14-25(26,4-2)23(17)24(19)30/h3,5-7,16-17,19-21,23-24,30-31H,4,8-15H2,1-2H3/b5-3+,7-6+. The highest BCUT2D eigenvalue weighted by molar-refractivity contribution is 5.83. The van der Waals surface area contributed by atoms with Gasteiger partial charge in [0.15, 0.2) is 0 Å². The van der Waals surface area contributed by atoms with E-state index in [0.717, 1.165) is 19.4 Å². The van der Waals surface area contributed by atoms with E-state index >= 15 is 0 Å². The van der Waals surface area contributed by atoms with Crippen LogP contribution in [0.1, 0.15) is 65.2 Å². The number of carbonyl (C=O) groups is 2. The Hall–Kier alpha value is -1.50. The monoisotopic (exact) mass is 443 g/mol. The Morgan fingerprint density at radius 1 is 1.22 bits per heavy atom. The molecule has 6 heteroatoms. The lowest BCUT2D eigenvalue weighted by Crippen LogP contribution is -2.88. The molecular weight excluding hydrogens is 406 g/mol. The minimum absolute atomic E-state index is 0.0810. The molecule has 8 unspecified atom stereocenters. The van der Waals surface area contributed by atoms with Crippen LogP contribution < -0.4 is 0 Å². The number of esters is 1. The van der Waals surface area contributed by atoms with Crippen LogP contribution >= 0.6 is 0 Å². The number of ether oxygens (including phenoxy) is 1. The van der Waals surface area contributed by atoms with Gasteiger partial charge in [0.1, 0.15) is 17.5 Å². The number of carbonyl (C=O) groups excluding carboxylic acids is 2. The van der Waals surface area contributed by atoms with E-state index in [0.29, 0.717) is 31.6 Å². The highest BCUT2D eigenvalue weighted by Gasteiger charge is 2.77. The normalized spacial score (nSPS) is 46.1. The predicted octanol–water partition coefficient (Wildman–Crippen LogP) is 2.77. The number of hydrogen-bond acceptors (Lipinski definition) is 6. The Morgan fingerprint density at radius 2 is 2.00 bits per heavy atom. The van der Waals surface area contributed by atoms with Crippen molar-refractivity contribution in [2.75, 3.05) is 6.54 Å². The second-order valence-corrected chi connectivity index (χ2v) is 10.9. The number of nitrogens with zero attached hydrogens (tertiary/aromatic N) is 1. The largest absolute Gasteiger partial charge is 0.456 e. The van der Waals surface area contributed by atoms with Crippen molar-refractivity contribution in [1.29, 1.82) is 0 Å². The number of hydrogen-bond donors (Lipinski definition) is 2. The number of ketones is 1. The predicted molar refractivity (Wildman–Crippen MR) is 120 cm³/mol. The SMILES string of the molecule is C/C=C/C=C/C(=O)OC1CCC2CC3N(CC4CC4)C4CC(=O)CC(CC)(C2C1O)C43O. The molecular formula is C26H37NO5. The molecule has 0 aromatic rings. The van der Waals surface area contributed by atoms with Gasteiger partial charge in [0, 0.05) is 48.9 Å². The van der Waals surface area contributed by atoms with Crippen molar-refractivity contribution < 1.29 is 24.5 Å². The zero-order valence-corrected chi connectivity index (χ0v) is 19.3. The van der Waals surface area contributed by atoms with Crippen LogP contribution in [0.25, 0.3) is 0 Å². The van der Waals surface area contributed by atoms with Gasteiger partial charge in [0.25, 0.3) is 0 Å². The van der Waals surface area contributed by atoms with Crippen molar-refractivity contribution in [3.05, 3.63) is 24.3 Å². The first-order valence-electron chi connectivity index (χ1n) is 12.5. The molecule has 0 spiro atoms. The molecule has 0 radical (unpaired) electrons. The van der Waals surface area contributed by atoms with Crippen LogP contribution in [0.4, 0.5) is 0 Å². The average molecular weight is 444 g/mol. The summed E-state index contributed by atoms with van der Waals surface area (Å²) in [5, 5.41) is 23.7. The fourth-order valence-electron chi connectivity index (χ4n) is 7.91. The van der Waals surface area contributed by atoms with E-state index in [4.69, 9.17) is 4.74 Å². The van der Waals surface area contributed by atoms with E-state index < -0.39 is 29.2 Å². The first kappa shape index (κ1) is 22.3. The summed E-state index contributed by atoms with van der Waals surface area (Å²) in [5.41, 5.74) is -1.59. The van der Waals surface area contributed by atoms with Gasteiger partial charge in [-0.2, -0.15) is 0 Å². The third-order valence-electron chi connectivity index (χ3n) is 9.39. The minimum Gasteiger partial charge on any atom is -0.456 e. The fraction of sp³-hybridized carbons (Fsp3) is 0.769. The smallest absolute Gasteiger partial charge is 0.331 e. The third kappa shape index (κ3) is 3.17. The summed E-state index contributed by atoms with van der Waals surface area (Å²) in [7, 11) is 0. The first-order chi connectivity index (χ1) is 15.4. The van der Waals surface area contributed by atoms with Crippen molar-refractivity contribution in [2.45, 2.75) is 95.1 Å². The first-order valence-corrected chi connectivity index (χ1v) is 12.5. The maximum Gasteiger partial charge on any atom is 0.331 e. The molecule has 2 N–H and O–H groups in total. The molecule has 1 aliphatic heterocycles. The van der Waals surface area contributed by atoms with Gasteiger partial charge < -0.3 is 14.9 Å². The molecule has 0 aromatic heterocycles. The Bertz CT molecular complexity index is 834. The maximum absolute atomic E-state index is 13.0. The maximum atomic E-state index is 13.0. The number of fused-ring (bicyclic) bond motifs is 2. The van der Waals surface area contributed by atoms with E-state index in [9.17, 15) is 19.8 Å². The molecule has 0 bridgehead atoms. The van der Waals surface area contributed by atoms with Crippen molar-refractivity contribution in [1.82, 2.24) is 4.90 Å². The molecule has 8 atom stereocenters. The zero-order valence-electron chi connectivity index (χ0n) is 19.3. The molecule has 1 saturated heterocycles. The van der Waals surface area contributed by atoms with Crippen LogP contribution in [0.2, 0.25) is 0 Å². The summed E-state index contributed by atoms with van der Waals surface area (Å²) in [6, 6.07) is -0.0494. The Balaban J connectivity index is 1.43. The van der Waals surface area contributed by atoms with E-state index in [-0.39, 0.29) is 29.7 Å². The summed E-state index contributed by atoms with van der Waals surface area (Å²) in [6.07, 6.45) is 11.4. The molecule has 4 saturated carbocycles. The van der Waals surface area contributed by atoms with Gasteiger partial charge in [-0.3, -0.25) is 9.69 Å². The lowest BCUT2D eigenvalue weighted by atomic mass is 9.39. The van der Waals surface area contributed by atoms with Gasteiger partial charge in [-0.25, -0.2) is 4.79 Å². The van der Waals surface area contributed by atoms with Crippen molar-refractivity contribution in [3.8, 4) is 0 Å². The number of allylic oxidation sites excluding steroid dienone is 3. The van der Waals surface area contributed by atoms with Gasteiger partial charge in [0.05, 0.1) is 6.10 Å². The van der Waals surface area contributed by atoms with Crippen LogP contribution in [-0.4, -0.2) is 63.3 Å². The van der Waals surface area contributed by atoms with Crippen LogP contribution in [0.15, 0.2) is 24.3 Å². The van der Waals surface area contributed by atoms with Crippen LogP contribution in [0.5, 0.6) is 0 Å². The molecule has 5 aliphatic rings. The highest BCUT2D eigenvalue weighted by Crippen LogP contribution is 2.68. The van der Waals surface area contributed by atoms with Gasteiger partial charge in [-0.1, -0.05) is 25.2 Å². The molecule has 176 valence electrons. The van der Waals surface area contributed by atoms with Crippen molar-refractivity contribution in [2.24, 2.45) is 23.2 Å². The number of likely N-dealkylation sites (tertiary alicyclic amines) is 1. The Labute approximate surface area is 190 Å². The van der Waals surface area contributed by atoms with Crippen LogP contribution in [0.3, 0.4) is 0 Å². The van der Waals surface area contributed by atoms with Crippen molar-refractivity contribution in [3.63, 3.8) is 0 Å². The number of aliphatic hydroxyl groups is 2. The number of rotatable bonds is 6. The topological polar surface area (TPSA) is 87.1 Å². The van der Waals surface area contributed by atoms with E-state index in [1.54, 1.807) is 12.2 Å². The summed E-state index contributed by atoms with van der Waals surface area (Å²) in [4.78, 5) is 27.7. The van der Waals surface area contributed by atoms with Crippen LogP contribution in [-0.2, 0) is 14.3 Å². The highest BCUT2D eigenvalue weighted by atomic mass is 16.6. The van der Waals surface area contributed by atoms with Gasteiger partial charge in [0.2, 0.25) is 0 Å². The fourth-order valence-corrected chi connectivity index (χ4v) is 7.91. The van der Waals surface area contributed by atoms with Gasteiger partial charge >= 0.3 is 5.97 Å². The summed E-state index contributed by atoms with van der Waals surface area (Å²) < 4.78 is 5.66. The number of aliphatic hydroxyl groups excluding tert-OH is 1. The molecule has 6 nitrogen and oxygen atoms in total.